The number of aryl methyl sites for hydroxylation is 1. The summed E-state index contributed by atoms with van der Waals surface area (Å²) < 4.78 is 0. The molecule has 3 aromatic rings. The standard InChI is InChI=1S/C22H23ClN6O/c1-16-7-8-17(13-19(16)23)26-22(30)27-20-14-21(25-15-24-20)29-11-9-28(10-12-29)18-5-3-2-4-6-18/h2-8,13-15H,9-12H2,1H3,(H2,24,25,26,27,30). The number of hydrogen-bond acceptors (Lipinski definition) is 5. The Labute approximate surface area is 180 Å². The highest BCUT2D eigenvalue weighted by Crippen LogP contribution is 2.22. The molecule has 2 N–H and O–H groups in total. The first kappa shape index (κ1) is 20.0. The van der Waals surface area contributed by atoms with Crippen LogP contribution in [0.5, 0.6) is 0 Å². The van der Waals surface area contributed by atoms with Crippen LogP contribution in [0.2, 0.25) is 5.02 Å². The van der Waals surface area contributed by atoms with E-state index in [1.165, 1.54) is 12.0 Å². The predicted molar refractivity (Wildman–Crippen MR) is 122 cm³/mol. The Morgan fingerprint density at radius 1 is 0.933 bits per heavy atom. The van der Waals surface area contributed by atoms with Crippen molar-refractivity contribution < 1.29 is 4.79 Å². The van der Waals surface area contributed by atoms with Crippen molar-refractivity contribution in [3.8, 4) is 0 Å². The number of halogens is 1. The van der Waals surface area contributed by atoms with Crippen molar-refractivity contribution in [2.24, 2.45) is 0 Å². The summed E-state index contributed by atoms with van der Waals surface area (Å²) in [5.41, 5.74) is 2.81. The van der Waals surface area contributed by atoms with Crippen molar-refractivity contribution in [3.63, 3.8) is 0 Å². The SMILES string of the molecule is Cc1ccc(NC(=O)Nc2cc(N3CCN(c4ccccc4)CC3)ncn2)cc1Cl. The lowest BCUT2D eigenvalue weighted by molar-refractivity contribution is 0.262. The average molecular weight is 423 g/mol. The van der Waals surface area contributed by atoms with Gasteiger partial charge in [0.25, 0.3) is 0 Å². The minimum atomic E-state index is -0.381. The number of aromatic nitrogens is 2. The number of rotatable bonds is 4. The summed E-state index contributed by atoms with van der Waals surface area (Å²) in [6.07, 6.45) is 1.47. The molecule has 4 rings (SSSR count). The van der Waals surface area contributed by atoms with Gasteiger partial charge in [-0.05, 0) is 36.8 Å². The molecule has 2 amide bonds. The number of piperazine rings is 1. The number of nitrogens with zero attached hydrogens (tertiary/aromatic N) is 4. The normalized spacial score (nSPS) is 13.8. The van der Waals surface area contributed by atoms with Crippen LogP contribution in [0.25, 0.3) is 0 Å². The highest BCUT2D eigenvalue weighted by Gasteiger charge is 2.19. The van der Waals surface area contributed by atoms with Gasteiger partial charge in [-0.1, -0.05) is 35.9 Å². The van der Waals surface area contributed by atoms with Crippen molar-refractivity contribution in [2.45, 2.75) is 6.92 Å². The zero-order valence-electron chi connectivity index (χ0n) is 16.7. The van der Waals surface area contributed by atoms with Gasteiger partial charge in [-0.2, -0.15) is 0 Å². The van der Waals surface area contributed by atoms with Gasteiger partial charge >= 0.3 is 6.03 Å². The van der Waals surface area contributed by atoms with E-state index in [0.29, 0.717) is 16.5 Å². The van der Waals surface area contributed by atoms with Crippen LogP contribution in [0.4, 0.5) is 27.8 Å². The molecule has 1 saturated heterocycles. The minimum Gasteiger partial charge on any atom is -0.368 e. The largest absolute Gasteiger partial charge is 0.368 e. The first-order chi connectivity index (χ1) is 14.6. The van der Waals surface area contributed by atoms with E-state index in [2.05, 4.69) is 54.7 Å². The Morgan fingerprint density at radius 3 is 2.40 bits per heavy atom. The number of carbonyl (C=O) groups excluding carboxylic acids is 1. The molecular formula is C22H23ClN6O. The molecule has 0 spiro atoms. The van der Waals surface area contributed by atoms with Crippen LogP contribution in [-0.4, -0.2) is 42.2 Å². The second-order valence-corrected chi connectivity index (χ2v) is 7.52. The summed E-state index contributed by atoms with van der Waals surface area (Å²) in [5.74, 6) is 1.24. The van der Waals surface area contributed by atoms with Crippen LogP contribution in [-0.2, 0) is 0 Å². The topological polar surface area (TPSA) is 73.4 Å². The number of anilines is 4. The smallest absolute Gasteiger partial charge is 0.324 e. The van der Waals surface area contributed by atoms with Crippen molar-refractivity contribution in [2.75, 3.05) is 46.6 Å². The summed E-state index contributed by atoms with van der Waals surface area (Å²) >= 11 is 6.11. The Hall–Kier alpha value is -3.32. The number of nitrogens with one attached hydrogen (secondary N) is 2. The fourth-order valence-corrected chi connectivity index (χ4v) is 3.55. The van der Waals surface area contributed by atoms with Crippen LogP contribution < -0.4 is 20.4 Å². The molecule has 0 unspecified atom stereocenters. The lowest BCUT2D eigenvalue weighted by Gasteiger charge is -2.36. The lowest BCUT2D eigenvalue weighted by atomic mass is 10.2. The first-order valence-electron chi connectivity index (χ1n) is 9.79. The van der Waals surface area contributed by atoms with E-state index in [9.17, 15) is 4.79 Å². The summed E-state index contributed by atoms with van der Waals surface area (Å²) in [6, 6.07) is 17.2. The Bertz CT molecular complexity index is 1020. The lowest BCUT2D eigenvalue weighted by Crippen LogP contribution is -2.46. The Kier molecular flexibility index (Phi) is 5.99. The van der Waals surface area contributed by atoms with Gasteiger partial charge in [0.15, 0.2) is 0 Å². The molecule has 0 bridgehead atoms. The van der Waals surface area contributed by atoms with E-state index < -0.39 is 0 Å². The van der Waals surface area contributed by atoms with Gasteiger partial charge < -0.3 is 15.1 Å². The fraction of sp³-hybridized carbons (Fsp3) is 0.227. The Balaban J connectivity index is 1.36. The zero-order chi connectivity index (χ0) is 20.9. The first-order valence-corrected chi connectivity index (χ1v) is 10.2. The van der Waals surface area contributed by atoms with Gasteiger partial charge in [0.1, 0.15) is 18.0 Å². The van der Waals surface area contributed by atoms with E-state index in [1.807, 2.05) is 19.1 Å². The quantitative estimate of drug-likeness (QED) is 0.651. The molecule has 154 valence electrons. The van der Waals surface area contributed by atoms with Crippen LogP contribution in [0.3, 0.4) is 0 Å². The molecule has 1 aliphatic rings. The molecule has 2 heterocycles. The summed E-state index contributed by atoms with van der Waals surface area (Å²) in [6.45, 7) is 5.42. The Morgan fingerprint density at radius 2 is 1.67 bits per heavy atom. The second kappa shape index (κ2) is 9.00. The minimum absolute atomic E-state index is 0.381. The molecule has 1 aliphatic heterocycles. The monoisotopic (exact) mass is 422 g/mol. The van der Waals surface area contributed by atoms with Crippen LogP contribution >= 0.6 is 11.6 Å². The molecule has 0 radical (unpaired) electrons. The average Bonchev–Trinajstić information content (AvgIpc) is 2.77. The molecule has 8 heteroatoms. The molecule has 0 saturated carbocycles. The summed E-state index contributed by atoms with van der Waals surface area (Å²) in [5, 5.41) is 6.13. The second-order valence-electron chi connectivity index (χ2n) is 7.11. The third-order valence-electron chi connectivity index (χ3n) is 5.05. The van der Waals surface area contributed by atoms with Gasteiger partial charge in [0.2, 0.25) is 0 Å². The molecular weight excluding hydrogens is 400 g/mol. The molecule has 2 aromatic carbocycles. The van der Waals surface area contributed by atoms with Crippen LogP contribution in [0.15, 0.2) is 60.9 Å². The summed E-state index contributed by atoms with van der Waals surface area (Å²) in [4.78, 5) is 25.4. The van der Waals surface area contributed by atoms with E-state index in [4.69, 9.17) is 11.6 Å². The molecule has 0 atom stereocenters. The van der Waals surface area contributed by atoms with Gasteiger partial charge in [0.05, 0.1) is 0 Å². The van der Waals surface area contributed by atoms with Crippen molar-refractivity contribution in [3.05, 3.63) is 71.5 Å². The highest BCUT2D eigenvalue weighted by atomic mass is 35.5. The van der Waals surface area contributed by atoms with Crippen LogP contribution in [0, 0.1) is 6.92 Å². The number of carbonyl (C=O) groups is 1. The van der Waals surface area contributed by atoms with E-state index in [1.54, 1.807) is 18.2 Å². The summed E-state index contributed by atoms with van der Waals surface area (Å²) in [7, 11) is 0. The third-order valence-corrected chi connectivity index (χ3v) is 5.46. The number of benzene rings is 2. The fourth-order valence-electron chi connectivity index (χ4n) is 3.37. The number of para-hydroxylation sites is 1. The molecule has 0 aliphatic carbocycles. The van der Waals surface area contributed by atoms with Gasteiger partial charge in [0, 0.05) is 48.6 Å². The van der Waals surface area contributed by atoms with E-state index >= 15 is 0 Å². The predicted octanol–water partition coefficient (Wildman–Crippen LogP) is 4.41. The van der Waals surface area contributed by atoms with Gasteiger partial charge in [-0.15, -0.1) is 0 Å². The van der Waals surface area contributed by atoms with Crippen LogP contribution in [0.1, 0.15) is 5.56 Å². The van der Waals surface area contributed by atoms with Gasteiger partial charge in [-0.25, -0.2) is 14.8 Å². The molecule has 1 fully saturated rings. The maximum absolute atomic E-state index is 12.3. The number of urea groups is 1. The van der Waals surface area contributed by atoms with Gasteiger partial charge in [-0.3, -0.25) is 5.32 Å². The molecule has 1 aromatic heterocycles. The van der Waals surface area contributed by atoms with E-state index in [0.717, 1.165) is 37.6 Å². The number of hydrogen-bond donors (Lipinski definition) is 2. The highest BCUT2D eigenvalue weighted by molar-refractivity contribution is 6.31. The van der Waals surface area contributed by atoms with Crippen molar-refractivity contribution in [1.29, 1.82) is 0 Å². The maximum Gasteiger partial charge on any atom is 0.324 e. The zero-order valence-corrected chi connectivity index (χ0v) is 17.4. The maximum atomic E-state index is 12.3. The third kappa shape index (κ3) is 4.80. The molecule has 7 nitrogen and oxygen atoms in total. The molecule has 30 heavy (non-hydrogen) atoms. The van der Waals surface area contributed by atoms with E-state index in [-0.39, 0.29) is 6.03 Å². The van der Waals surface area contributed by atoms with Crippen molar-refractivity contribution >= 4 is 40.6 Å². The van der Waals surface area contributed by atoms with Crippen molar-refractivity contribution in [1.82, 2.24) is 9.97 Å². The number of amides is 2.